The van der Waals surface area contributed by atoms with Gasteiger partial charge in [-0.15, -0.1) is 11.6 Å². The lowest BCUT2D eigenvalue weighted by Crippen LogP contribution is -2.01. The predicted molar refractivity (Wildman–Crippen MR) is 62.3 cm³/mol. The molecule has 0 aliphatic heterocycles. The van der Waals surface area contributed by atoms with Gasteiger partial charge in [-0.1, -0.05) is 18.5 Å². The van der Waals surface area contributed by atoms with Crippen LogP contribution >= 0.6 is 23.2 Å². The molecule has 0 radical (unpaired) electrons. The average molecular weight is 247 g/mol. The third-order valence-corrected chi connectivity index (χ3v) is 2.38. The van der Waals surface area contributed by atoms with E-state index in [-0.39, 0.29) is 11.7 Å². The van der Waals surface area contributed by atoms with Crippen molar-refractivity contribution < 1.29 is 9.53 Å². The molecule has 1 aromatic rings. The van der Waals surface area contributed by atoms with Gasteiger partial charge in [0.05, 0.1) is 17.5 Å². The van der Waals surface area contributed by atoms with Crippen LogP contribution in [0.25, 0.3) is 0 Å². The van der Waals surface area contributed by atoms with Gasteiger partial charge in [0, 0.05) is 5.56 Å². The quantitative estimate of drug-likeness (QED) is 0.587. The van der Waals surface area contributed by atoms with Crippen LogP contribution in [0.15, 0.2) is 18.2 Å². The van der Waals surface area contributed by atoms with Crippen LogP contribution in [0.4, 0.5) is 0 Å². The first-order valence-electron chi connectivity index (χ1n) is 4.70. The number of ether oxygens (including phenoxy) is 1. The SMILES string of the molecule is CCCOc1ccc(C(=O)CCl)cc1Cl. The lowest BCUT2D eigenvalue weighted by molar-refractivity contribution is 0.102. The molecule has 0 aliphatic carbocycles. The highest BCUT2D eigenvalue weighted by Crippen LogP contribution is 2.25. The van der Waals surface area contributed by atoms with Crippen LogP contribution in [0.3, 0.4) is 0 Å². The highest BCUT2D eigenvalue weighted by molar-refractivity contribution is 6.33. The monoisotopic (exact) mass is 246 g/mol. The van der Waals surface area contributed by atoms with Gasteiger partial charge in [-0.3, -0.25) is 4.79 Å². The van der Waals surface area contributed by atoms with E-state index in [0.29, 0.717) is 22.9 Å². The van der Waals surface area contributed by atoms with Gasteiger partial charge in [-0.25, -0.2) is 0 Å². The number of carbonyl (C=O) groups excluding carboxylic acids is 1. The summed E-state index contributed by atoms with van der Waals surface area (Å²) in [6.45, 7) is 2.63. The van der Waals surface area contributed by atoms with E-state index in [1.165, 1.54) is 0 Å². The van der Waals surface area contributed by atoms with Crippen molar-refractivity contribution in [3.8, 4) is 5.75 Å². The Balaban J connectivity index is 2.83. The topological polar surface area (TPSA) is 26.3 Å². The van der Waals surface area contributed by atoms with Gasteiger partial charge in [0.1, 0.15) is 5.75 Å². The van der Waals surface area contributed by atoms with Crippen LogP contribution in [0.2, 0.25) is 5.02 Å². The molecule has 0 spiro atoms. The fraction of sp³-hybridized carbons (Fsp3) is 0.364. The van der Waals surface area contributed by atoms with Crippen LogP contribution in [0, 0.1) is 0 Å². The number of hydrogen-bond acceptors (Lipinski definition) is 2. The molecule has 1 aromatic carbocycles. The van der Waals surface area contributed by atoms with Crippen LogP contribution in [0.5, 0.6) is 5.75 Å². The molecule has 1 rings (SSSR count). The molecule has 0 unspecified atom stereocenters. The highest BCUT2D eigenvalue weighted by atomic mass is 35.5. The van der Waals surface area contributed by atoms with Crippen molar-refractivity contribution in [2.75, 3.05) is 12.5 Å². The lowest BCUT2D eigenvalue weighted by atomic mass is 10.1. The molecule has 0 aliphatic rings. The molecule has 2 nitrogen and oxygen atoms in total. The molecular weight excluding hydrogens is 235 g/mol. The molecule has 0 saturated carbocycles. The second-order valence-corrected chi connectivity index (χ2v) is 3.72. The summed E-state index contributed by atoms with van der Waals surface area (Å²) >= 11 is 11.4. The van der Waals surface area contributed by atoms with E-state index in [1.54, 1.807) is 18.2 Å². The molecule has 0 N–H and O–H groups in total. The van der Waals surface area contributed by atoms with E-state index in [0.717, 1.165) is 6.42 Å². The number of halogens is 2. The largest absolute Gasteiger partial charge is 0.492 e. The van der Waals surface area contributed by atoms with E-state index in [9.17, 15) is 4.79 Å². The van der Waals surface area contributed by atoms with Crippen LogP contribution < -0.4 is 4.74 Å². The zero-order valence-corrected chi connectivity index (χ0v) is 9.94. The second kappa shape index (κ2) is 5.99. The summed E-state index contributed by atoms with van der Waals surface area (Å²) in [5.41, 5.74) is 0.513. The number of alkyl halides is 1. The van der Waals surface area contributed by atoms with Gasteiger partial charge < -0.3 is 4.74 Å². The van der Waals surface area contributed by atoms with Crippen molar-refractivity contribution in [1.29, 1.82) is 0 Å². The van der Waals surface area contributed by atoms with Gasteiger partial charge in [0.2, 0.25) is 0 Å². The van der Waals surface area contributed by atoms with Gasteiger partial charge in [0.15, 0.2) is 5.78 Å². The molecule has 0 amide bonds. The van der Waals surface area contributed by atoms with E-state index in [2.05, 4.69) is 0 Å². The Labute approximate surface area is 99.1 Å². The fourth-order valence-electron chi connectivity index (χ4n) is 1.08. The van der Waals surface area contributed by atoms with Crippen molar-refractivity contribution in [3.05, 3.63) is 28.8 Å². The summed E-state index contributed by atoms with van der Waals surface area (Å²) in [6.07, 6.45) is 0.915. The summed E-state index contributed by atoms with van der Waals surface area (Å²) in [6, 6.07) is 4.94. The molecule has 0 aromatic heterocycles. The zero-order valence-electron chi connectivity index (χ0n) is 8.43. The maximum Gasteiger partial charge on any atom is 0.177 e. The number of benzene rings is 1. The first-order chi connectivity index (χ1) is 7.19. The molecule has 82 valence electrons. The van der Waals surface area contributed by atoms with Crippen molar-refractivity contribution in [1.82, 2.24) is 0 Å². The number of carbonyl (C=O) groups is 1. The van der Waals surface area contributed by atoms with E-state index >= 15 is 0 Å². The number of rotatable bonds is 5. The van der Waals surface area contributed by atoms with Crippen molar-refractivity contribution >= 4 is 29.0 Å². The van der Waals surface area contributed by atoms with Crippen LogP contribution in [0.1, 0.15) is 23.7 Å². The molecule has 4 heteroatoms. The minimum atomic E-state index is -0.138. The molecule has 0 bridgehead atoms. The number of ketones is 1. The molecule has 0 fully saturated rings. The number of hydrogen-bond donors (Lipinski definition) is 0. The van der Waals surface area contributed by atoms with Crippen molar-refractivity contribution in [2.24, 2.45) is 0 Å². The minimum Gasteiger partial charge on any atom is -0.492 e. The minimum absolute atomic E-state index is 0.0362. The summed E-state index contributed by atoms with van der Waals surface area (Å²) in [5, 5.41) is 0.444. The van der Waals surface area contributed by atoms with Crippen molar-refractivity contribution in [3.63, 3.8) is 0 Å². The van der Waals surface area contributed by atoms with Gasteiger partial charge in [-0.05, 0) is 24.6 Å². The summed E-state index contributed by atoms with van der Waals surface area (Å²) in [5.74, 6) is 0.427. The summed E-state index contributed by atoms with van der Waals surface area (Å²) in [4.78, 5) is 11.3. The maximum atomic E-state index is 11.3. The molecule has 0 heterocycles. The molecular formula is C11H12Cl2O2. The predicted octanol–water partition coefficient (Wildman–Crippen LogP) is 3.55. The Morgan fingerprint density at radius 2 is 2.20 bits per heavy atom. The highest BCUT2D eigenvalue weighted by Gasteiger charge is 2.08. The standard InChI is InChI=1S/C11H12Cl2O2/c1-2-5-15-11-4-3-8(6-9(11)13)10(14)7-12/h3-4,6H,2,5,7H2,1H3. The van der Waals surface area contributed by atoms with Crippen LogP contribution in [-0.2, 0) is 0 Å². The zero-order chi connectivity index (χ0) is 11.3. The Bertz CT molecular complexity index is 350. The van der Waals surface area contributed by atoms with Crippen molar-refractivity contribution in [2.45, 2.75) is 13.3 Å². The summed E-state index contributed by atoms with van der Waals surface area (Å²) in [7, 11) is 0. The van der Waals surface area contributed by atoms with Gasteiger partial charge >= 0.3 is 0 Å². The normalized spacial score (nSPS) is 10.1. The molecule has 0 atom stereocenters. The van der Waals surface area contributed by atoms with E-state index in [1.807, 2.05) is 6.92 Å². The first kappa shape index (κ1) is 12.3. The third kappa shape index (κ3) is 3.40. The smallest absolute Gasteiger partial charge is 0.177 e. The Kier molecular flexibility index (Phi) is 4.92. The Morgan fingerprint density at radius 3 is 2.73 bits per heavy atom. The Morgan fingerprint density at radius 1 is 1.47 bits per heavy atom. The lowest BCUT2D eigenvalue weighted by Gasteiger charge is -2.07. The second-order valence-electron chi connectivity index (χ2n) is 3.05. The van der Waals surface area contributed by atoms with Gasteiger partial charge in [0.25, 0.3) is 0 Å². The number of Topliss-reactive ketones (excluding diaryl/α,β-unsaturated/α-hetero) is 1. The molecule has 0 saturated heterocycles. The van der Waals surface area contributed by atoms with Crippen LogP contribution in [-0.4, -0.2) is 18.3 Å². The van der Waals surface area contributed by atoms with Gasteiger partial charge in [-0.2, -0.15) is 0 Å². The summed E-state index contributed by atoms with van der Waals surface area (Å²) < 4.78 is 5.38. The van der Waals surface area contributed by atoms with E-state index in [4.69, 9.17) is 27.9 Å². The fourth-order valence-corrected chi connectivity index (χ4v) is 1.47. The first-order valence-corrected chi connectivity index (χ1v) is 5.61. The maximum absolute atomic E-state index is 11.3. The Hall–Kier alpha value is -0.730. The average Bonchev–Trinajstić information content (AvgIpc) is 2.26. The molecule has 15 heavy (non-hydrogen) atoms. The van der Waals surface area contributed by atoms with E-state index < -0.39 is 0 Å². The third-order valence-electron chi connectivity index (χ3n) is 1.84.